The zero-order valence-corrected chi connectivity index (χ0v) is 9.11. The second kappa shape index (κ2) is 4.64. The summed E-state index contributed by atoms with van der Waals surface area (Å²) in [6.07, 6.45) is 0. The fourth-order valence-electron chi connectivity index (χ4n) is 2.02. The van der Waals surface area contributed by atoms with Gasteiger partial charge in [0.25, 0.3) is 0 Å². The van der Waals surface area contributed by atoms with Crippen molar-refractivity contribution < 1.29 is 5.11 Å². The van der Waals surface area contributed by atoms with Crippen molar-refractivity contribution in [3.8, 4) is 5.75 Å². The molecule has 0 radical (unpaired) electrons. The van der Waals surface area contributed by atoms with E-state index in [1.165, 1.54) is 5.56 Å². The number of nitrogens with one attached hydrogen (secondary N) is 1. The number of rotatable bonds is 2. The van der Waals surface area contributed by atoms with Crippen LogP contribution in [-0.2, 0) is 6.54 Å². The Morgan fingerprint density at radius 2 is 2.13 bits per heavy atom. The van der Waals surface area contributed by atoms with Gasteiger partial charge in [0.15, 0.2) is 0 Å². The molecule has 0 spiro atoms. The van der Waals surface area contributed by atoms with Gasteiger partial charge in [-0.3, -0.25) is 4.90 Å². The quantitative estimate of drug-likeness (QED) is 0.763. The van der Waals surface area contributed by atoms with Crippen LogP contribution in [0.1, 0.15) is 12.5 Å². The average Bonchev–Trinajstić information content (AvgIpc) is 2.22. The Labute approximate surface area is 90.7 Å². The highest BCUT2D eigenvalue weighted by atomic mass is 16.3. The van der Waals surface area contributed by atoms with Crippen molar-refractivity contribution in [3.05, 3.63) is 29.8 Å². The second-order valence-corrected chi connectivity index (χ2v) is 4.26. The Hall–Kier alpha value is -1.06. The molecule has 1 aliphatic rings. The van der Waals surface area contributed by atoms with E-state index in [0.29, 0.717) is 11.8 Å². The molecule has 2 rings (SSSR count). The zero-order valence-electron chi connectivity index (χ0n) is 9.11. The van der Waals surface area contributed by atoms with E-state index < -0.39 is 0 Å². The third-order valence-electron chi connectivity index (χ3n) is 2.80. The summed E-state index contributed by atoms with van der Waals surface area (Å²) in [5.41, 5.74) is 1.27. The lowest BCUT2D eigenvalue weighted by molar-refractivity contribution is 0.199. The molecule has 0 aromatic heterocycles. The van der Waals surface area contributed by atoms with Gasteiger partial charge in [-0.15, -0.1) is 0 Å². The minimum absolute atomic E-state index is 0.340. The lowest BCUT2D eigenvalue weighted by atomic mass is 10.1. The minimum atomic E-state index is 0.340. The smallest absolute Gasteiger partial charge is 0.115 e. The first-order chi connectivity index (χ1) is 7.24. The number of phenols is 1. The third kappa shape index (κ3) is 2.94. The second-order valence-electron chi connectivity index (χ2n) is 4.26. The van der Waals surface area contributed by atoms with Crippen molar-refractivity contribution in [2.75, 3.05) is 19.6 Å². The number of hydrogen-bond donors (Lipinski definition) is 2. The summed E-state index contributed by atoms with van der Waals surface area (Å²) < 4.78 is 0. The molecular weight excluding hydrogens is 188 g/mol. The van der Waals surface area contributed by atoms with E-state index in [0.717, 1.165) is 26.2 Å². The number of phenolic OH excluding ortho intramolecular Hbond substituents is 1. The highest BCUT2D eigenvalue weighted by Gasteiger charge is 2.15. The van der Waals surface area contributed by atoms with Gasteiger partial charge in [-0.25, -0.2) is 0 Å². The van der Waals surface area contributed by atoms with Crippen LogP contribution in [0.5, 0.6) is 5.75 Å². The summed E-state index contributed by atoms with van der Waals surface area (Å²) in [5, 5.41) is 12.6. The van der Waals surface area contributed by atoms with Crippen LogP contribution >= 0.6 is 0 Å². The van der Waals surface area contributed by atoms with Gasteiger partial charge in [0.05, 0.1) is 0 Å². The van der Waals surface area contributed by atoms with Gasteiger partial charge in [-0.2, -0.15) is 0 Å². The molecule has 82 valence electrons. The summed E-state index contributed by atoms with van der Waals surface area (Å²) in [6.45, 7) is 6.46. The molecule has 0 saturated carbocycles. The summed E-state index contributed by atoms with van der Waals surface area (Å²) in [4.78, 5) is 2.44. The topological polar surface area (TPSA) is 35.5 Å². The zero-order chi connectivity index (χ0) is 10.7. The van der Waals surface area contributed by atoms with Crippen molar-refractivity contribution in [1.29, 1.82) is 0 Å². The van der Waals surface area contributed by atoms with Gasteiger partial charge in [0.1, 0.15) is 5.75 Å². The molecule has 1 heterocycles. The van der Waals surface area contributed by atoms with Crippen molar-refractivity contribution in [2.45, 2.75) is 19.5 Å². The first-order valence-electron chi connectivity index (χ1n) is 5.48. The maximum atomic E-state index is 9.18. The van der Waals surface area contributed by atoms with Gasteiger partial charge in [0.2, 0.25) is 0 Å². The number of piperazine rings is 1. The molecule has 0 amide bonds. The number of nitrogens with zero attached hydrogens (tertiary/aromatic N) is 1. The maximum Gasteiger partial charge on any atom is 0.115 e. The number of aromatic hydroxyl groups is 1. The average molecular weight is 206 g/mol. The minimum Gasteiger partial charge on any atom is -0.508 e. The molecule has 15 heavy (non-hydrogen) atoms. The molecular formula is C12H18N2O. The van der Waals surface area contributed by atoms with Crippen molar-refractivity contribution in [1.82, 2.24) is 10.2 Å². The predicted molar refractivity (Wildman–Crippen MR) is 60.8 cm³/mol. The fraction of sp³-hybridized carbons (Fsp3) is 0.500. The van der Waals surface area contributed by atoms with E-state index in [-0.39, 0.29) is 0 Å². The van der Waals surface area contributed by atoms with Gasteiger partial charge in [-0.1, -0.05) is 12.1 Å². The van der Waals surface area contributed by atoms with E-state index in [1.54, 1.807) is 12.1 Å². The monoisotopic (exact) mass is 206 g/mol. The maximum absolute atomic E-state index is 9.18. The fourth-order valence-corrected chi connectivity index (χ4v) is 2.02. The van der Waals surface area contributed by atoms with Crippen LogP contribution in [0.25, 0.3) is 0 Å². The Balaban J connectivity index is 1.93. The van der Waals surface area contributed by atoms with Crippen molar-refractivity contribution in [3.63, 3.8) is 0 Å². The van der Waals surface area contributed by atoms with E-state index in [1.807, 2.05) is 12.1 Å². The summed E-state index contributed by atoms with van der Waals surface area (Å²) in [7, 11) is 0. The lowest BCUT2D eigenvalue weighted by Gasteiger charge is -2.31. The Morgan fingerprint density at radius 1 is 1.40 bits per heavy atom. The van der Waals surface area contributed by atoms with E-state index >= 15 is 0 Å². The molecule has 1 aromatic rings. The molecule has 1 atom stereocenters. The van der Waals surface area contributed by atoms with Crippen LogP contribution in [0.4, 0.5) is 0 Å². The molecule has 1 fully saturated rings. The number of benzene rings is 1. The lowest BCUT2D eigenvalue weighted by Crippen LogP contribution is -2.48. The van der Waals surface area contributed by atoms with E-state index in [9.17, 15) is 5.11 Å². The first-order valence-corrected chi connectivity index (χ1v) is 5.48. The highest BCUT2D eigenvalue weighted by molar-refractivity contribution is 5.25. The third-order valence-corrected chi connectivity index (χ3v) is 2.80. The van der Waals surface area contributed by atoms with Gasteiger partial charge in [-0.05, 0) is 24.6 Å². The molecule has 0 aliphatic carbocycles. The molecule has 1 aromatic carbocycles. The molecule has 1 saturated heterocycles. The molecule has 3 heteroatoms. The van der Waals surface area contributed by atoms with Gasteiger partial charge >= 0.3 is 0 Å². The van der Waals surface area contributed by atoms with Crippen molar-refractivity contribution in [2.24, 2.45) is 0 Å². The van der Waals surface area contributed by atoms with Crippen LogP contribution in [0, 0.1) is 0 Å². The molecule has 2 N–H and O–H groups in total. The van der Waals surface area contributed by atoms with E-state index in [2.05, 4.69) is 17.1 Å². The van der Waals surface area contributed by atoms with E-state index in [4.69, 9.17) is 0 Å². The van der Waals surface area contributed by atoms with Crippen molar-refractivity contribution >= 4 is 0 Å². The molecule has 1 aliphatic heterocycles. The SMILES string of the molecule is C[C@H]1CN(Cc2ccc(O)cc2)CCN1. The molecule has 0 bridgehead atoms. The van der Waals surface area contributed by atoms with Crippen LogP contribution < -0.4 is 5.32 Å². The largest absolute Gasteiger partial charge is 0.508 e. The summed E-state index contributed by atoms with van der Waals surface area (Å²) >= 11 is 0. The van der Waals surface area contributed by atoms with Gasteiger partial charge < -0.3 is 10.4 Å². The molecule has 3 nitrogen and oxygen atoms in total. The summed E-state index contributed by atoms with van der Waals surface area (Å²) in [5.74, 6) is 0.340. The van der Waals surface area contributed by atoms with Crippen LogP contribution in [0.2, 0.25) is 0 Å². The van der Waals surface area contributed by atoms with Crippen LogP contribution in [-0.4, -0.2) is 35.7 Å². The van der Waals surface area contributed by atoms with Crippen LogP contribution in [0.15, 0.2) is 24.3 Å². The Kier molecular flexibility index (Phi) is 3.23. The first kappa shape index (κ1) is 10.5. The van der Waals surface area contributed by atoms with Crippen LogP contribution in [0.3, 0.4) is 0 Å². The molecule has 0 unspecified atom stereocenters. The normalized spacial score (nSPS) is 22.9. The predicted octanol–water partition coefficient (Wildman–Crippen LogP) is 1.19. The Morgan fingerprint density at radius 3 is 2.80 bits per heavy atom. The Bertz CT molecular complexity index is 310. The van der Waals surface area contributed by atoms with Gasteiger partial charge in [0, 0.05) is 32.2 Å². The number of hydrogen-bond acceptors (Lipinski definition) is 3. The highest BCUT2D eigenvalue weighted by Crippen LogP contribution is 2.12. The summed E-state index contributed by atoms with van der Waals surface area (Å²) in [6, 6.07) is 8.06. The standard InChI is InChI=1S/C12H18N2O/c1-10-8-14(7-6-13-10)9-11-2-4-12(15)5-3-11/h2-5,10,13,15H,6-9H2,1H3/t10-/m0/s1.